The maximum atomic E-state index is 12.1. The third-order valence-electron chi connectivity index (χ3n) is 2.62. The number of amides is 1. The van der Waals surface area contributed by atoms with Gasteiger partial charge in [-0.2, -0.15) is 0 Å². The van der Waals surface area contributed by atoms with Crippen LogP contribution in [0.1, 0.15) is 23.5 Å². The third-order valence-corrected chi connectivity index (χ3v) is 4.97. The van der Waals surface area contributed by atoms with Gasteiger partial charge in [-0.1, -0.05) is 26.1 Å². The molecule has 0 aliphatic carbocycles. The molecule has 0 aromatic carbocycles. The van der Waals surface area contributed by atoms with E-state index in [1.54, 1.807) is 11.3 Å². The molecule has 1 unspecified atom stereocenters. The lowest BCUT2D eigenvalue weighted by molar-refractivity contribution is 0.0944. The molecule has 2 rings (SSSR count). The van der Waals surface area contributed by atoms with Crippen molar-refractivity contribution in [2.75, 3.05) is 0 Å². The summed E-state index contributed by atoms with van der Waals surface area (Å²) in [6, 6.07) is 3.68. The first kappa shape index (κ1) is 13.5. The molecule has 96 valence electrons. The smallest absolute Gasteiger partial charge is 0.261 e. The molecule has 1 atom stereocenters. The zero-order valence-electron chi connectivity index (χ0n) is 10.1. The van der Waals surface area contributed by atoms with Gasteiger partial charge in [0.1, 0.15) is 0 Å². The van der Waals surface area contributed by atoms with Gasteiger partial charge in [0.15, 0.2) is 0 Å². The normalized spacial score (nSPS) is 12.8. The standard InChI is InChI=1S/C12H14N2OS3/c1-6(2)10(11(13)16)14-12(15)9-5-8-7(18-9)3-4-17-8/h3-6,10H,1-2H3,(H2,13,16)(H,14,15). The van der Waals surface area contributed by atoms with E-state index in [4.69, 9.17) is 18.0 Å². The second-order valence-corrected chi connectivity index (χ2v) is 6.86. The molecule has 6 heteroatoms. The van der Waals surface area contributed by atoms with Gasteiger partial charge >= 0.3 is 0 Å². The van der Waals surface area contributed by atoms with Crippen molar-refractivity contribution in [3.63, 3.8) is 0 Å². The number of carbonyl (C=O) groups excluding carboxylic acids is 1. The summed E-state index contributed by atoms with van der Waals surface area (Å²) in [5.41, 5.74) is 5.64. The van der Waals surface area contributed by atoms with Crippen molar-refractivity contribution in [3.05, 3.63) is 22.4 Å². The Labute approximate surface area is 119 Å². The molecule has 2 aromatic heterocycles. The van der Waals surface area contributed by atoms with Crippen molar-refractivity contribution in [1.29, 1.82) is 0 Å². The van der Waals surface area contributed by atoms with E-state index >= 15 is 0 Å². The fourth-order valence-electron chi connectivity index (χ4n) is 1.66. The number of hydrogen-bond donors (Lipinski definition) is 2. The van der Waals surface area contributed by atoms with E-state index in [2.05, 4.69) is 5.32 Å². The molecule has 0 aliphatic heterocycles. The fourth-order valence-corrected chi connectivity index (χ4v) is 4.00. The lowest BCUT2D eigenvalue weighted by Crippen LogP contribution is -2.46. The van der Waals surface area contributed by atoms with Gasteiger partial charge in [0.05, 0.1) is 15.9 Å². The number of carbonyl (C=O) groups is 1. The lowest BCUT2D eigenvalue weighted by Gasteiger charge is -2.20. The summed E-state index contributed by atoms with van der Waals surface area (Å²) in [4.78, 5) is 13.2. The number of nitrogens with two attached hydrogens (primary N) is 1. The summed E-state index contributed by atoms with van der Waals surface area (Å²) in [5, 5.41) is 4.92. The molecule has 0 saturated heterocycles. The number of thiocarbonyl (C=S) groups is 1. The zero-order valence-corrected chi connectivity index (χ0v) is 12.5. The van der Waals surface area contributed by atoms with Crippen LogP contribution in [0.25, 0.3) is 9.40 Å². The van der Waals surface area contributed by atoms with E-state index in [0.29, 0.717) is 9.87 Å². The van der Waals surface area contributed by atoms with E-state index < -0.39 is 0 Å². The number of thiophene rings is 2. The first-order chi connectivity index (χ1) is 8.49. The minimum absolute atomic E-state index is 0.102. The van der Waals surface area contributed by atoms with Crippen molar-refractivity contribution < 1.29 is 4.79 Å². The van der Waals surface area contributed by atoms with Gasteiger partial charge in [0, 0.05) is 9.40 Å². The van der Waals surface area contributed by atoms with Gasteiger partial charge in [0.25, 0.3) is 5.91 Å². The second-order valence-electron chi connectivity index (χ2n) is 4.36. The molecular formula is C12H14N2OS3. The molecule has 0 fully saturated rings. The van der Waals surface area contributed by atoms with Crippen LogP contribution in [-0.4, -0.2) is 16.9 Å². The van der Waals surface area contributed by atoms with Gasteiger partial charge < -0.3 is 11.1 Å². The zero-order chi connectivity index (χ0) is 13.3. The predicted octanol–water partition coefficient (Wildman–Crippen LogP) is 3.00. The first-order valence-electron chi connectivity index (χ1n) is 5.56. The van der Waals surface area contributed by atoms with Crippen LogP contribution >= 0.6 is 34.9 Å². The number of nitrogens with one attached hydrogen (secondary N) is 1. The average Bonchev–Trinajstić information content (AvgIpc) is 2.84. The Morgan fingerprint density at radius 2 is 2.17 bits per heavy atom. The van der Waals surface area contributed by atoms with Crippen LogP contribution in [0.15, 0.2) is 17.5 Å². The largest absolute Gasteiger partial charge is 0.392 e. The van der Waals surface area contributed by atoms with Gasteiger partial charge in [0.2, 0.25) is 0 Å². The Morgan fingerprint density at radius 1 is 1.44 bits per heavy atom. The molecule has 0 aliphatic rings. The molecule has 0 bridgehead atoms. The summed E-state index contributed by atoms with van der Waals surface area (Å²) in [7, 11) is 0. The molecule has 18 heavy (non-hydrogen) atoms. The summed E-state index contributed by atoms with van der Waals surface area (Å²) < 4.78 is 2.28. The molecular weight excluding hydrogens is 284 g/mol. The maximum absolute atomic E-state index is 12.1. The fraction of sp³-hybridized carbons (Fsp3) is 0.333. The molecule has 0 saturated carbocycles. The second kappa shape index (κ2) is 5.34. The van der Waals surface area contributed by atoms with Crippen LogP contribution in [0.4, 0.5) is 0 Å². The molecule has 3 N–H and O–H groups in total. The Balaban J connectivity index is 2.16. The van der Waals surface area contributed by atoms with Crippen molar-refractivity contribution in [3.8, 4) is 0 Å². The maximum Gasteiger partial charge on any atom is 0.261 e. The van der Waals surface area contributed by atoms with Crippen LogP contribution in [-0.2, 0) is 0 Å². The molecule has 1 amide bonds. The number of fused-ring (bicyclic) bond motifs is 1. The highest BCUT2D eigenvalue weighted by Crippen LogP contribution is 2.29. The highest BCUT2D eigenvalue weighted by Gasteiger charge is 2.20. The minimum Gasteiger partial charge on any atom is -0.392 e. The molecule has 2 heterocycles. The Hall–Kier alpha value is -0.980. The number of hydrogen-bond acceptors (Lipinski definition) is 4. The monoisotopic (exact) mass is 298 g/mol. The van der Waals surface area contributed by atoms with Crippen molar-refractivity contribution in [1.82, 2.24) is 5.32 Å². The molecule has 2 aromatic rings. The van der Waals surface area contributed by atoms with Crippen LogP contribution < -0.4 is 11.1 Å². The minimum atomic E-state index is -0.257. The highest BCUT2D eigenvalue weighted by molar-refractivity contribution is 7.80. The average molecular weight is 298 g/mol. The highest BCUT2D eigenvalue weighted by atomic mass is 32.1. The van der Waals surface area contributed by atoms with Gasteiger partial charge in [-0.25, -0.2) is 0 Å². The van der Waals surface area contributed by atoms with Crippen LogP contribution in [0.2, 0.25) is 0 Å². The van der Waals surface area contributed by atoms with E-state index in [1.807, 2.05) is 31.4 Å². The summed E-state index contributed by atoms with van der Waals surface area (Å²) in [6.07, 6.45) is 0. The van der Waals surface area contributed by atoms with Crippen molar-refractivity contribution >= 4 is 55.2 Å². The first-order valence-corrected chi connectivity index (χ1v) is 7.66. The van der Waals surface area contributed by atoms with Crippen molar-refractivity contribution in [2.45, 2.75) is 19.9 Å². The van der Waals surface area contributed by atoms with E-state index in [1.165, 1.54) is 11.3 Å². The topological polar surface area (TPSA) is 55.1 Å². The van der Waals surface area contributed by atoms with Crippen LogP contribution in [0.3, 0.4) is 0 Å². The van der Waals surface area contributed by atoms with E-state index in [0.717, 1.165) is 9.40 Å². The summed E-state index contributed by atoms with van der Waals surface area (Å²) in [5.74, 6) is 0.0856. The third kappa shape index (κ3) is 2.71. The van der Waals surface area contributed by atoms with Crippen LogP contribution in [0, 0.1) is 5.92 Å². The Morgan fingerprint density at radius 3 is 2.72 bits per heavy atom. The van der Waals surface area contributed by atoms with Gasteiger partial charge in [-0.05, 0) is 23.4 Å². The predicted molar refractivity (Wildman–Crippen MR) is 82.6 cm³/mol. The van der Waals surface area contributed by atoms with Gasteiger partial charge in [-0.15, -0.1) is 22.7 Å². The Bertz CT molecular complexity index is 556. The Kier molecular flexibility index (Phi) is 3.99. The van der Waals surface area contributed by atoms with Crippen molar-refractivity contribution in [2.24, 2.45) is 11.7 Å². The number of rotatable bonds is 4. The van der Waals surface area contributed by atoms with Gasteiger partial charge in [-0.3, -0.25) is 4.79 Å². The lowest BCUT2D eigenvalue weighted by atomic mass is 10.0. The quantitative estimate of drug-likeness (QED) is 0.853. The summed E-state index contributed by atoms with van der Waals surface area (Å²) >= 11 is 8.11. The van der Waals surface area contributed by atoms with Crippen LogP contribution in [0.5, 0.6) is 0 Å². The molecule has 0 spiro atoms. The SMILES string of the molecule is CC(C)C(NC(=O)c1cc2sccc2s1)C(N)=S. The van der Waals surface area contributed by atoms with E-state index in [-0.39, 0.29) is 17.9 Å². The summed E-state index contributed by atoms with van der Waals surface area (Å²) in [6.45, 7) is 3.97. The molecule has 0 radical (unpaired) electrons. The van der Waals surface area contributed by atoms with E-state index in [9.17, 15) is 4.79 Å². The molecule has 3 nitrogen and oxygen atoms in total.